The summed E-state index contributed by atoms with van der Waals surface area (Å²) in [5, 5.41) is 24.0. The van der Waals surface area contributed by atoms with Gasteiger partial charge in [-0.15, -0.1) is 0 Å². The van der Waals surface area contributed by atoms with E-state index in [0.29, 0.717) is 22.9 Å². The third kappa shape index (κ3) is 29.4. The van der Waals surface area contributed by atoms with Gasteiger partial charge in [-0.05, 0) is 97.8 Å². The Morgan fingerprint density at radius 2 is 0.771 bits per heavy atom. The van der Waals surface area contributed by atoms with Crippen LogP contribution >= 0.6 is 0 Å². The molecule has 25 heteroatoms. The van der Waals surface area contributed by atoms with Gasteiger partial charge in [-0.25, -0.2) is 26.8 Å². The van der Waals surface area contributed by atoms with Gasteiger partial charge in [-0.1, -0.05) is 172 Å². The van der Waals surface area contributed by atoms with Crippen molar-refractivity contribution in [2.45, 2.75) is 78.2 Å². The summed E-state index contributed by atoms with van der Waals surface area (Å²) in [7, 11) is -12.2. The number of fused-ring (bicyclic) bond motifs is 4. The third-order valence-corrected chi connectivity index (χ3v) is 11.4. The van der Waals surface area contributed by atoms with Crippen molar-refractivity contribution in [1.82, 2.24) is 29.9 Å². The van der Waals surface area contributed by atoms with Crippen molar-refractivity contribution >= 4 is 64.1 Å². The molecule has 0 saturated carbocycles. The van der Waals surface area contributed by atoms with Crippen molar-refractivity contribution in [2.24, 2.45) is 0 Å². The summed E-state index contributed by atoms with van der Waals surface area (Å²) in [6, 6.07) is 51.0. The molecule has 0 bridgehead atoms. The average Bonchev–Trinajstić information content (AvgIpc) is 4.23. The summed E-state index contributed by atoms with van der Waals surface area (Å²) in [5.41, 5.74) is -0.431. The van der Waals surface area contributed by atoms with Gasteiger partial charge in [0.15, 0.2) is 20.2 Å². The number of benzene rings is 6. The first-order valence-electron chi connectivity index (χ1n) is 24.5. The number of aryl methyl sites for hydroxylation is 2. The molecule has 0 spiro atoms. The molecule has 0 amide bonds. The number of para-hydroxylation sites is 6. The van der Waals surface area contributed by atoms with Crippen molar-refractivity contribution in [1.29, 1.82) is 0 Å². The molecule has 0 aliphatic heterocycles. The van der Waals surface area contributed by atoms with Gasteiger partial charge in [0.25, 0.3) is 0 Å². The molecule has 0 atom stereocenters. The van der Waals surface area contributed by atoms with E-state index < -0.39 is 31.3 Å². The van der Waals surface area contributed by atoms with Crippen LogP contribution in [0.15, 0.2) is 183 Å². The summed E-state index contributed by atoms with van der Waals surface area (Å²) in [6.45, 7) is 18.7. The number of nitrogens with one attached hydrogen (secondary N) is 2. The van der Waals surface area contributed by atoms with Gasteiger partial charge in [0.05, 0.1) is 45.8 Å². The molecule has 448 valence electrons. The number of imidazole rings is 2. The van der Waals surface area contributed by atoms with Crippen molar-refractivity contribution < 1.29 is 106 Å². The number of hydrogen-bond donors (Lipinski definition) is 2. The molecule has 15 nitrogen and oxygen atoms in total. The predicted octanol–water partition coefficient (Wildman–Crippen LogP) is 13.1. The summed E-state index contributed by atoms with van der Waals surface area (Å²) in [6.07, 6.45) is 6.66. The van der Waals surface area contributed by atoms with Crippen LogP contribution in [0.2, 0.25) is 0 Å². The van der Waals surface area contributed by atoms with Crippen LogP contribution in [0.1, 0.15) is 75.6 Å². The normalized spacial score (nSPS) is 10.6. The van der Waals surface area contributed by atoms with Crippen LogP contribution in [0.5, 0.6) is 11.5 Å². The number of nitrogens with zero attached hydrogens (tertiary/aromatic N) is 4. The number of halogens is 6. The molecule has 4 aromatic heterocycles. The molecular weight excluding hydrogens is 1300 g/mol. The van der Waals surface area contributed by atoms with Crippen LogP contribution in [0.3, 0.4) is 0 Å². The summed E-state index contributed by atoms with van der Waals surface area (Å²) in [5.74, 6) is 1.28. The minimum atomic E-state index is -6.09. The Bertz CT molecular complexity index is 3310. The van der Waals surface area contributed by atoms with Crippen LogP contribution in [0.4, 0.5) is 26.3 Å². The van der Waals surface area contributed by atoms with E-state index in [4.69, 9.17) is 30.7 Å². The Morgan fingerprint density at radius 1 is 0.470 bits per heavy atom. The van der Waals surface area contributed by atoms with E-state index in [-0.39, 0.29) is 50.5 Å². The zero-order valence-corrected chi connectivity index (χ0v) is 51.3. The van der Waals surface area contributed by atoms with E-state index in [1.807, 2.05) is 98.8 Å². The average molecular weight is 1370 g/mol. The van der Waals surface area contributed by atoms with Gasteiger partial charge in [0, 0.05) is 25.6 Å². The first kappa shape index (κ1) is 76.3. The van der Waals surface area contributed by atoms with Gasteiger partial charge < -0.3 is 34.0 Å². The van der Waals surface area contributed by atoms with Crippen LogP contribution in [0.25, 0.3) is 43.9 Å². The van der Waals surface area contributed by atoms with E-state index in [0.717, 1.165) is 46.1 Å². The molecule has 10 aromatic rings. The molecule has 0 aliphatic rings. The summed E-state index contributed by atoms with van der Waals surface area (Å²) in [4.78, 5) is 22.1. The molecule has 0 radical (unpaired) electrons. The maximum atomic E-state index is 11.1. The Balaban J connectivity index is 0.000000915. The van der Waals surface area contributed by atoms with Gasteiger partial charge >= 0.3 is 50.0 Å². The second kappa shape index (κ2) is 38.2. The van der Waals surface area contributed by atoms with Gasteiger partial charge in [0.1, 0.15) is 0 Å². The number of hydrogen-bond acceptors (Lipinski definition) is 13. The van der Waals surface area contributed by atoms with Crippen LogP contribution < -0.4 is 10.2 Å². The Morgan fingerprint density at radius 3 is 1.02 bits per heavy atom. The van der Waals surface area contributed by atoms with E-state index in [1.165, 1.54) is 34.4 Å². The zero-order valence-electron chi connectivity index (χ0n) is 46.1. The molecular formula is C58H62F6N6O9Ru2S2. The van der Waals surface area contributed by atoms with Crippen LogP contribution in [0, 0.1) is 13.8 Å². The second-order valence-electron chi connectivity index (χ2n) is 17.2. The van der Waals surface area contributed by atoms with E-state index in [2.05, 4.69) is 120 Å². The molecule has 4 heterocycles. The number of pyridine rings is 2. The van der Waals surface area contributed by atoms with Crippen LogP contribution in [-0.2, 0) is 63.9 Å². The van der Waals surface area contributed by atoms with Crippen molar-refractivity contribution in [3.8, 4) is 11.5 Å². The van der Waals surface area contributed by atoms with Gasteiger partial charge in [-0.3, -0.25) is 9.97 Å². The standard InChI is InChI=1S/2C10H14.2C9H7NO.2C7H6N2.C4H10O.2CHF3O3S.2Ru/c2*1-8(2)10-6-4-9(3)5-7-10;2*11-8-5-1-3-7-4-2-6-10-9(7)8;2*1-2-4-7-6(3-1)8-5-9-7;1-3-5-4-2;2*2-1(3,4)8(5,6)7;;/h2*4-8H,1-3H3;2*1-6,11H;2*1-5H,(H,8,9);3-4H2,1-2H3;2*(H,5,6,7);;/q;;;;;;;;;2*+2/p-4. The largest absolute Gasteiger partial charge is 2.00 e. The Kier molecular flexibility index (Phi) is 35.1. The molecule has 10 rings (SSSR count). The maximum absolute atomic E-state index is 11.1. The van der Waals surface area contributed by atoms with E-state index >= 15 is 0 Å². The Labute approximate surface area is 505 Å². The van der Waals surface area contributed by atoms with E-state index in [1.54, 1.807) is 37.2 Å². The van der Waals surface area contributed by atoms with Crippen molar-refractivity contribution in [3.05, 3.63) is 205 Å². The fraction of sp³-hybridized carbons (Fsp3) is 0.241. The quantitative estimate of drug-likeness (QED) is 0.0720. The SMILES string of the molecule is CCOCC.Cc1ccc(C(C)C)cc1.Cc1ccc(C(C)C)cc1.O=S(=O)([O-])C(F)(F)F.O=S(=O)([O-])C(F)(F)F.[O-]c1cccc2cccnc12.[O-]c1cccc2cccnc12.[Ru+2].[Ru+2].c1ccc2[nH]cnc2c1.c1ccc2[nH]cnc2c1. The number of rotatable bonds is 4. The topological polar surface area (TPSA) is 253 Å². The zero-order chi connectivity index (χ0) is 60.8. The fourth-order valence-corrected chi connectivity index (χ4v) is 6.02. The van der Waals surface area contributed by atoms with E-state index in [9.17, 15) is 36.6 Å². The number of ether oxygens (including phenoxy) is 1. The molecule has 83 heavy (non-hydrogen) atoms. The fourth-order valence-electron chi connectivity index (χ4n) is 6.02. The molecule has 6 aromatic carbocycles. The molecule has 0 aliphatic carbocycles. The summed E-state index contributed by atoms with van der Waals surface area (Å²) >= 11 is 0. The van der Waals surface area contributed by atoms with Crippen LogP contribution in [-0.4, -0.2) is 80.1 Å². The minimum absolute atomic E-state index is 0. The van der Waals surface area contributed by atoms with Crippen molar-refractivity contribution in [2.75, 3.05) is 13.2 Å². The monoisotopic (exact) mass is 1370 g/mol. The van der Waals surface area contributed by atoms with Gasteiger partial charge in [0.2, 0.25) is 0 Å². The minimum Gasteiger partial charge on any atom is -0.871 e. The first-order chi connectivity index (χ1) is 38.0. The third-order valence-electron chi connectivity index (χ3n) is 10.3. The predicted molar refractivity (Wildman–Crippen MR) is 299 cm³/mol. The molecule has 0 fully saturated rings. The smallest absolute Gasteiger partial charge is 0.871 e. The number of aromatic nitrogens is 6. The van der Waals surface area contributed by atoms with Crippen molar-refractivity contribution in [3.63, 3.8) is 0 Å². The molecule has 0 saturated heterocycles. The molecule has 2 N–H and O–H groups in total. The number of alkyl halides is 6. The number of H-pyrrole nitrogens is 2. The Hall–Kier alpha value is -6.71. The number of aromatic amines is 2. The maximum Gasteiger partial charge on any atom is 2.00 e. The van der Waals surface area contributed by atoms with Gasteiger partial charge in [-0.2, -0.15) is 26.3 Å². The molecule has 0 unspecified atom stereocenters. The first-order valence-corrected chi connectivity index (χ1v) is 27.3. The summed E-state index contributed by atoms with van der Waals surface area (Å²) < 4.78 is 123. The second-order valence-corrected chi connectivity index (χ2v) is 20.0.